The number of piperidine rings is 1. The number of likely N-dealkylation sites (N-methyl/N-ethyl adjacent to an activating group) is 1. The van der Waals surface area contributed by atoms with Crippen molar-refractivity contribution in [2.24, 2.45) is 0 Å². The maximum atomic E-state index is 10.1. The van der Waals surface area contributed by atoms with Crippen molar-refractivity contribution in [2.75, 3.05) is 31.6 Å². The maximum absolute atomic E-state index is 10.1. The summed E-state index contributed by atoms with van der Waals surface area (Å²) in [5.41, 5.74) is 4.13. The van der Waals surface area contributed by atoms with E-state index >= 15 is 0 Å². The molecule has 0 aromatic carbocycles. The fourth-order valence-corrected chi connectivity index (χ4v) is 5.39. The van der Waals surface area contributed by atoms with Crippen LogP contribution in [0, 0.1) is 0 Å². The summed E-state index contributed by atoms with van der Waals surface area (Å²) in [5.74, 6) is 0. The Morgan fingerprint density at radius 1 is 1.21 bits per heavy atom. The molecule has 182 valence electrons. The lowest BCUT2D eigenvalue weighted by atomic mass is 9.82. The number of pyridine rings is 2. The molecule has 0 amide bonds. The average molecular weight is 480 g/mol. The first-order valence-corrected chi connectivity index (χ1v) is 16.1. The molecule has 1 N–H and O–H groups in total. The van der Waals surface area contributed by atoms with Crippen molar-refractivity contribution in [2.45, 2.75) is 58.1 Å². The van der Waals surface area contributed by atoms with Crippen molar-refractivity contribution in [3.8, 4) is 11.3 Å². The van der Waals surface area contributed by atoms with Crippen LogP contribution in [0.3, 0.4) is 0 Å². The van der Waals surface area contributed by atoms with Crippen LogP contribution in [0.5, 0.6) is 0 Å². The van der Waals surface area contributed by atoms with Gasteiger partial charge in [0.25, 0.3) is 0 Å². The van der Waals surface area contributed by atoms with Crippen molar-refractivity contribution in [3.63, 3.8) is 0 Å². The van der Waals surface area contributed by atoms with E-state index < -0.39 is 15.1 Å². The summed E-state index contributed by atoms with van der Waals surface area (Å²) in [5, 5.41) is 11.2. The standard InChI is InChI=1S/C25H38BN5O2Si/c1-26(32)29(2)20-9-8-14-30(17-20)23-11-13-28-25-24(23)21(22-10-6-7-12-27-22)18-31(25)19-33-15-16-34(3,4)5/h6-7,10-13,18,20,32H,8-9,14-17,19H2,1-5H3/t20-/m0/s1. The van der Waals surface area contributed by atoms with Crippen molar-refractivity contribution >= 4 is 31.8 Å². The minimum atomic E-state index is -1.14. The Bertz CT molecular complexity index is 1090. The first kappa shape index (κ1) is 24.9. The molecule has 0 unspecified atom stereocenters. The molecule has 1 aliphatic rings. The molecule has 1 atom stereocenters. The zero-order valence-corrected chi connectivity index (χ0v) is 22.2. The van der Waals surface area contributed by atoms with E-state index in [1.807, 2.05) is 38.4 Å². The summed E-state index contributed by atoms with van der Waals surface area (Å²) in [6.07, 6.45) is 8.06. The minimum absolute atomic E-state index is 0.308. The third kappa shape index (κ3) is 5.71. The number of ether oxygens (including phenoxy) is 1. The highest BCUT2D eigenvalue weighted by atomic mass is 28.3. The summed E-state index contributed by atoms with van der Waals surface area (Å²) >= 11 is 0. The van der Waals surface area contributed by atoms with Crippen LogP contribution in [0.1, 0.15) is 12.8 Å². The third-order valence-corrected chi connectivity index (χ3v) is 8.51. The smallest absolute Gasteiger partial charge is 0.376 e. The second kappa shape index (κ2) is 10.6. The van der Waals surface area contributed by atoms with E-state index in [1.54, 1.807) is 0 Å². The lowest BCUT2D eigenvalue weighted by Gasteiger charge is -2.39. The largest absolute Gasteiger partial charge is 0.437 e. The van der Waals surface area contributed by atoms with Crippen LogP contribution < -0.4 is 4.90 Å². The van der Waals surface area contributed by atoms with E-state index in [-0.39, 0.29) is 0 Å². The fourth-order valence-electron chi connectivity index (χ4n) is 4.63. The number of fused-ring (bicyclic) bond motifs is 1. The van der Waals surface area contributed by atoms with Gasteiger partial charge in [0.05, 0.1) is 16.8 Å². The summed E-state index contributed by atoms with van der Waals surface area (Å²) in [6, 6.07) is 9.60. The number of aromatic nitrogens is 3. The summed E-state index contributed by atoms with van der Waals surface area (Å²) in [4.78, 5) is 14.0. The number of anilines is 1. The molecular weight excluding hydrogens is 441 g/mol. The number of hydrogen-bond acceptors (Lipinski definition) is 6. The summed E-state index contributed by atoms with van der Waals surface area (Å²) < 4.78 is 8.22. The van der Waals surface area contributed by atoms with Crippen molar-refractivity contribution in [3.05, 3.63) is 42.9 Å². The highest BCUT2D eigenvalue weighted by Gasteiger charge is 2.29. The van der Waals surface area contributed by atoms with Gasteiger partial charge in [0, 0.05) is 58.0 Å². The Balaban J connectivity index is 1.70. The lowest BCUT2D eigenvalue weighted by Crippen LogP contribution is -2.51. The van der Waals surface area contributed by atoms with Crippen LogP contribution in [0.25, 0.3) is 22.3 Å². The highest BCUT2D eigenvalue weighted by molar-refractivity contribution is 6.76. The van der Waals surface area contributed by atoms with Crippen molar-refractivity contribution < 1.29 is 9.76 Å². The first-order valence-electron chi connectivity index (χ1n) is 12.4. The van der Waals surface area contributed by atoms with Crippen LogP contribution in [-0.4, -0.2) is 72.3 Å². The van der Waals surface area contributed by atoms with Crippen LogP contribution in [0.4, 0.5) is 5.69 Å². The molecule has 1 saturated heterocycles. The summed E-state index contributed by atoms with van der Waals surface area (Å²) in [7, 11) is 0.410. The van der Waals surface area contributed by atoms with E-state index in [0.29, 0.717) is 12.8 Å². The second-order valence-corrected chi connectivity index (χ2v) is 16.3. The molecule has 9 heteroatoms. The molecular formula is C25H38BN5O2Si. The van der Waals surface area contributed by atoms with E-state index in [1.165, 1.54) is 5.69 Å². The number of nitrogens with zero attached hydrogens (tertiary/aromatic N) is 5. The normalized spacial score (nSPS) is 17.0. The quantitative estimate of drug-likeness (QED) is 0.362. The van der Waals surface area contributed by atoms with Gasteiger partial charge < -0.3 is 24.0 Å². The van der Waals surface area contributed by atoms with Gasteiger partial charge in [0.2, 0.25) is 0 Å². The van der Waals surface area contributed by atoms with E-state index in [9.17, 15) is 5.02 Å². The average Bonchev–Trinajstić information content (AvgIpc) is 3.20. The van der Waals surface area contributed by atoms with Gasteiger partial charge in [0.1, 0.15) is 12.4 Å². The van der Waals surface area contributed by atoms with E-state index in [4.69, 9.17) is 9.72 Å². The molecule has 0 bridgehead atoms. The zero-order valence-electron chi connectivity index (χ0n) is 21.2. The third-order valence-electron chi connectivity index (χ3n) is 6.81. The molecule has 0 radical (unpaired) electrons. The molecule has 34 heavy (non-hydrogen) atoms. The van der Waals surface area contributed by atoms with Gasteiger partial charge in [-0.05, 0) is 51.0 Å². The number of hydrogen-bond donors (Lipinski definition) is 1. The molecule has 1 aliphatic heterocycles. The Hall–Kier alpha value is -2.20. The molecule has 0 aliphatic carbocycles. The number of rotatable bonds is 9. The van der Waals surface area contributed by atoms with Crippen LogP contribution in [0.2, 0.25) is 32.5 Å². The SMILES string of the molecule is CB(O)N(C)[C@H]1CCCN(c2ccnc3c2c(-c2ccccn2)cn3COCC[Si](C)(C)C)C1. The monoisotopic (exact) mass is 479 g/mol. The lowest BCUT2D eigenvalue weighted by molar-refractivity contribution is 0.0899. The Kier molecular flexibility index (Phi) is 7.77. The molecule has 0 spiro atoms. The van der Waals surface area contributed by atoms with Gasteiger partial charge in [0.15, 0.2) is 0 Å². The topological polar surface area (TPSA) is 66.7 Å². The molecule has 3 aromatic heterocycles. The van der Waals surface area contributed by atoms with Gasteiger partial charge in [-0.25, -0.2) is 4.98 Å². The predicted octanol–water partition coefficient (Wildman–Crippen LogP) is 4.42. The molecule has 1 fully saturated rings. The predicted molar refractivity (Wildman–Crippen MR) is 144 cm³/mol. The molecule has 4 heterocycles. The second-order valence-electron chi connectivity index (χ2n) is 10.6. The van der Waals surface area contributed by atoms with Crippen molar-refractivity contribution in [1.82, 2.24) is 19.3 Å². The Morgan fingerprint density at radius 3 is 2.74 bits per heavy atom. The Labute approximate surface area is 204 Å². The van der Waals surface area contributed by atoms with Crippen molar-refractivity contribution in [1.29, 1.82) is 0 Å². The Morgan fingerprint density at radius 2 is 2.03 bits per heavy atom. The fraction of sp³-hybridized carbons (Fsp3) is 0.520. The van der Waals surface area contributed by atoms with Gasteiger partial charge in [-0.1, -0.05) is 25.7 Å². The van der Waals surface area contributed by atoms with Gasteiger partial charge in [-0.3, -0.25) is 4.98 Å². The van der Waals surface area contributed by atoms with Gasteiger partial charge in [-0.15, -0.1) is 0 Å². The highest BCUT2D eigenvalue weighted by Crippen LogP contribution is 2.37. The van der Waals surface area contributed by atoms with Crippen LogP contribution in [-0.2, 0) is 11.5 Å². The molecule has 3 aromatic rings. The first-order chi connectivity index (χ1) is 16.2. The van der Waals surface area contributed by atoms with Gasteiger partial charge in [-0.2, -0.15) is 0 Å². The van der Waals surface area contributed by atoms with Crippen LogP contribution >= 0.6 is 0 Å². The van der Waals surface area contributed by atoms with E-state index in [2.05, 4.69) is 57.2 Å². The maximum Gasteiger partial charge on any atom is 0.376 e. The summed E-state index contributed by atoms with van der Waals surface area (Å²) in [6.45, 7) is 12.1. The minimum Gasteiger partial charge on any atom is -0.437 e. The molecule has 7 nitrogen and oxygen atoms in total. The van der Waals surface area contributed by atoms with Gasteiger partial charge >= 0.3 is 7.05 Å². The van der Waals surface area contributed by atoms with Crippen LogP contribution in [0.15, 0.2) is 42.9 Å². The van der Waals surface area contributed by atoms with E-state index in [0.717, 1.165) is 60.9 Å². The molecule has 4 rings (SSSR count). The zero-order chi connectivity index (χ0) is 24.3. The molecule has 0 saturated carbocycles.